The molecule has 0 saturated carbocycles. The summed E-state index contributed by atoms with van der Waals surface area (Å²) >= 11 is 0. The van der Waals surface area contributed by atoms with Gasteiger partial charge in [-0.05, 0) is 36.4 Å². The van der Waals surface area contributed by atoms with Crippen LogP contribution in [-0.4, -0.2) is 79.3 Å². The topological polar surface area (TPSA) is 118 Å². The number of guanidine groups is 1. The molecule has 2 aliphatic rings. The standard InChI is InChI=1S/C26H29N7O3/c27-26(30-21-5-7-22(8-6-21)32-11-15-35-16-12-32)31-24-23(28-9-10-29-24)19-1-3-20(4-2-19)25(34)33-13-17-36-18-14-33/h1-10H,11-18H2,(H3,27,29,30,31). The summed E-state index contributed by atoms with van der Waals surface area (Å²) in [7, 11) is 0. The highest BCUT2D eigenvalue weighted by Crippen LogP contribution is 2.26. The molecule has 36 heavy (non-hydrogen) atoms. The van der Waals surface area contributed by atoms with Gasteiger partial charge < -0.3 is 30.3 Å². The van der Waals surface area contributed by atoms with Gasteiger partial charge in [-0.15, -0.1) is 0 Å². The Morgan fingerprint density at radius 3 is 2.19 bits per heavy atom. The molecule has 0 unspecified atom stereocenters. The Balaban J connectivity index is 1.28. The van der Waals surface area contributed by atoms with Gasteiger partial charge in [0.1, 0.15) is 5.69 Å². The Kier molecular flexibility index (Phi) is 7.34. The van der Waals surface area contributed by atoms with Gasteiger partial charge in [-0.25, -0.2) is 4.98 Å². The number of anilines is 2. The molecule has 1 amide bonds. The molecule has 0 bridgehead atoms. The average Bonchev–Trinajstić information content (AvgIpc) is 2.94. The van der Waals surface area contributed by atoms with E-state index in [1.807, 2.05) is 24.3 Å². The number of carbonyl (C=O) groups excluding carboxylic acids is 1. The van der Waals surface area contributed by atoms with Crippen LogP contribution in [0.2, 0.25) is 0 Å². The lowest BCUT2D eigenvalue weighted by Gasteiger charge is -2.28. The summed E-state index contributed by atoms with van der Waals surface area (Å²) < 4.78 is 10.8. The molecule has 3 heterocycles. The summed E-state index contributed by atoms with van der Waals surface area (Å²) in [5.41, 5.74) is 10.2. The zero-order valence-corrected chi connectivity index (χ0v) is 20.0. The summed E-state index contributed by atoms with van der Waals surface area (Å²) in [6, 6.07) is 15.3. The van der Waals surface area contributed by atoms with Crippen LogP contribution in [0.3, 0.4) is 0 Å². The summed E-state index contributed by atoms with van der Waals surface area (Å²) in [6.07, 6.45) is 3.18. The van der Waals surface area contributed by atoms with Crippen molar-refractivity contribution in [2.24, 2.45) is 10.7 Å². The van der Waals surface area contributed by atoms with Crippen molar-refractivity contribution in [3.05, 3.63) is 66.5 Å². The third-order valence-corrected chi connectivity index (χ3v) is 6.12. The highest BCUT2D eigenvalue weighted by atomic mass is 16.5. The number of aromatic nitrogens is 2. The maximum atomic E-state index is 12.7. The molecule has 186 valence electrons. The van der Waals surface area contributed by atoms with Crippen LogP contribution >= 0.6 is 0 Å². The number of nitrogens with zero attached hydrogens (tertiary/aromatic N) is 5. The quantitative estimate of drug-likeness (QED) is 0.416. The Hall–Kier alpha value is -4.02. The molecule has 0 spiro atoms. The van der Waals surface area contributed by atoms with Crippen molar-refractivity contribution in [3.8, 4) is 11.3 Å². The van der Waals surface area contributed by atoms with Crippen molar-refractivity contribution in [1.82, 2.24) is 14.9 Å². The second kappa shape index (κ2) is 11.1. The first-order valence-corrected chi connectivity index (χ1v) is 12.0. The summed E-state index contributed by atoms with van der Waals surface area (Å²) in [5, 5.41) is 3.12. The van der Waals surface area contributed by atoms with Crippen molar-refractivity contribution in [2.45, 2.75) is 0 Å². The van der Waals surface area contributed by atoms with E-state index in [2.05, 4.69) is 37.3 Å². The fourth-order valence-corrected chi connectivity index (χ4v) is 4.20. The number of benzene rings is 2. The monoisotopic (exact) mass is 487 g/mol. The molecule has 0 aliphatic carbocycles. The first-order chi connectivity index (χ1) is 17.7. The van der Waals surface area contributed by atoms with Crippen LogP contribution in [-0.2, 0) is 9.47 Å². The minimum Gasteiger partial charge on any atom is -0.378 e. The zero-order chi connectivity index (χ0) is 24.7. The van der Waals surface area contributed by atoms with E-state index < -0.39 is 0 Å². The van der Waals surface area contributed by atoms with Crippen LogP contribution in [0.15, 0.2) is 65.9 Å². The average molecular weight is 488 g/mol. The number of hydrogen-bond acceptors (Lipinski definition) is 7. The van der Waals surface area contributed by atoms with E-state index in [1.54, 1.807) is 29.4 Å². The lowest BCUT2D eigenvalue weighted by atomic mass is 10.1. The highest BCUT2D eigenvalue weighted by molar-refractivity contribution is 5.96. The Morgan fingerprint density at radius 2 is 1.50 bits per heavy atom. The number of rotatable bonds is 5. The predicted molar refractivity (Wildman–Crippen MR) is 139 cm³/mol. The number of morpholine rings is 2. The fourth-order valence-electron chi connectivity index (χ4n) is 4.20. The minimum absolute atomic E-state index is 0.00433. The van der Waals surface area contributed by atoms with Gasteiger partial charge >= 0.3 is 0 Å². The molecule has 3 N–H and O–H groups in total. The third-order valence-electron chi connectivity index (χ3n) is 6.12. The van der Waals surface area contributed by atoms with Crippen LogP contribution in [0.5, 0.6) is 0 Å². The second-order valence-corrected chi connectivity index (χ2v) is 8.48. The van der Waals surface area contributed by atoms with Gasteiger partial charge in [0.15, 0.2) is 11.8 Å². The molecule has 1 aromatic heterocycles. The van der Waals surface area contributed by atoms with Gasteiger partial charge in [-0.2, -0.15) is 4.99 Å². The Morgan fingerprint density at radius 1 is 0.861 bits per heavy atom. The molecule has 0 radical (unpaired) electrons. The van der Waals surface area contributed by atoms with E-state index in [1.165, 1.54) is 0 Å². The molecule has 2 aliphatic heterocycles. The molecule has 0 atom stereocenters. The lowest BCUT2D eigenvalue weighted by molar-refractivity contribution is 0.0303. The van der Waals surface area contributed by atoms with Crippen molar-refractivity contribution in [1.29, 1.82) is 0 Å². The van der Waals surface area contributed by atoms with Crippen LogP contribution in [0, 0.1) is 0 Å². The summed E-state index contributed by atoms with van der Waals surface area (Å²) in [4.78, 5) is 30.1. The molecule has 2 fully saturated rings. The third kappa shape index (κ3) is 5.61. The van der Waals surface area contributed by atoms with Crippen LogP contribution < -0.4 is 16.0 Å². The van der Waals surface area contributed by atoms with E-state index in [-0.39, 0.29) is 11.9 Å². The number of carbonyl (C=O) groups is 1. The van der Waals surface area contributed by atoms with Gasteiger partial charge in [0.2, 0.25) is 0 Å². The van der Waals surface area contributed by atoms with E-state index >= 15 is 0 Å². The minimum atomic E-state index is -0.00433. The first-order valence-electron chi connectivity index (χ1n) is 12.0. The summed E-state index contributed by atoms with van der Waals surface area (Å²) in [5.74, 6) is 0.588. The maximum absolute atomic E-state index is 12.7. The molecule has 2 saturated heterocycles. The predicted octanol–water partition coefficient (Wildman–Crippen LogP) is 2.51. The molecular weight excluding hydrogens is 458 g/mol. The van der Waals surface area contributed by atoms with E-state index in [0.29, 0.717) is 43.4 Å². The Labute approximate surface area is 209 Å². The van der Waals surface area contributed by atoms with E-state index in [0.717, 1.165) is 43.2 Å². The number of amides is 1. The molecular formula is C26H29N7O3. The lowest BCUT2D eigenvalue weighted by Crippen LogP contribution is -2.40. The zero-order valence-electron chi connectivity index (χ0n) is 20.0. The first kappa shape index (κ1) is 23.7. The van der Waals surface area contributed by atoms with Gasteiger partial charge in [0, 0.05) is 61.1 Å². The normalized spacial score (nSPS) is 16.6. The van der Waals surface area contributed by atoms with Crippen molar-refractivity contribution in [3.63, 3.8) is 0 Å². The van der Waals surface area contributed by atoms with Gasteiger partial charge in [-0.1, -0.05) is 12.1 Å². The number of hydrogen-bond donors (Lipinski definition) is 2. The molecule has 3 aromatic rings. The van der Waals surface area contributed by atoms with Crippen molar-refractivity contribution < 1.29 is 14.3 Å². The van der Waals surface area contributed by atoms with Gasteiger partial charge in [0.25, 0.3) is 5.91 Å². The largest absolute Gasteiger partial charge is 0.378 e. The number of ether oxygens (including phenoxy) is 2. The molecule has 2 aromatic carbocycles. The number of nitrogens with one attached hydrogen (secondary N) is 1. The van der Waals surface area contributed by atoms with Crippen LogP contribution in [0.1, 0.15) is 10.4 Å². The summed E-state index contributed by atoms with van der Waals surface area (Å²) in [6.45, 7) is 5.59. The van der Waals surface area contributed by atoms with E-state index in [9.17, 15) is 4.79 Å². The van der Waals surface area contributed by atoms with Gasteiger partial charge in [-0.3, -0.25) is 9.78 Å². The van der Waals surface area contributed by atoms with E-state index in [4.69, 9.17) is 15.2 Å². The number of aliphatic imine (C=N–C) groups is 1. The SMILES string of the molecule is NC(=Nc1nccnc1-c1ccc(C(=O)N2CCOCC2)cc1)Nc1ccc(N2CCOCC2)cc1. The van der Waals surface area contributed by atoms with Gasteiger partial charge in [0.05, 0.1) is 26.4 Å². The highest BCUT2D eigenvalue weighted by Gasteiger charge is 2.19. The molecule has 5 rings (SSSR count). The number of nitrogens with two attached hydrogens (primary N) is 1. The fraction of sp³-hybridized carbons (Fsp3) is 0.308. The molecule has 10 heteroatoms. The Bertz CT molecular complexity index is 1200. The maximum Gasteiger partial charge on any atom is 0.254 e. The smallest absolute Gasteiger partial charge is 0.254 e. The molecule has 10 nitrogen and oxygen atoms in total. The van der Waals surface area contributed by atoms with Crippen LogP contribution in [0.25, 0.3) is 11.3 Å². The van der Waals surface area contributed by atoms with Crippen molar-refractivity contribution >= 4 is 29.1 Å². The van der Waals surface area contributed by atoms with Crippen LogP contribution in [0.4, 0.5) is 17.2 Å². The second-order valence-electron chi connectivity index (χ2n) is 8.48. The van der Waals surface area contributed by atoms with Crippen molar-refractivity contribution in [2.75, 3.05) is 62.8 Å².